The molecular weight excluding hydrogens is 226 g/mol. The van der Waals surface area contributed by atoms with Crippen LogP contribution in [-0.4, -0.2) is 13.0 Å². The number of carbonyl (C=O) groups excluding carboxylic acids is 1. The van der Waals surface area contributed by atoms with Crippen LogP contribution in [0.5, 0.6) is 5.75 Å². The van der Waals surface area contributed by atoms with Gasteiger partial charge in [-0.05, 0) is 43.0 Å². The number of aryl methyl sites for hydroxylation is 1. The van der Waals surface area contributed by atoms with E-state index in [-0.39, 0.29) is 11.4 Å². The third kappa shape index (κ3) is 1.53. The standard InChI is InChI=1S/C15H19NO2/c1-10-8-11(18-2)9-12-13(10)14(17)16-15(12)6-4-3-5-7-15/h8-9H,3-7H2,1-2H3,(H,16,17). The minimum Gasteiger partial charge on any atom is -0.497 e. The summed E-state index contributed by atoms with van der Waals surface area (Å²) in [5, 5.41) is 3.23. The molecule has 0 bridgehead atoms. The molecule has 0 radical (unpaired) electrons. The van der Waals surface area contributed by atoms with Crippen molar-refractivity contribution in [1.82, 2.24) is 5.32 Å². The quantitative estimate of drug-likeness (QED) is 0.826. The molecule has 1 fully saturated rings. The molecule has 0 unspecified atom stereocenters. The van der Waals surface area contributed by atoms with E-state index in [2.05, 4.69) is 5.32 Å². The van der Waals surface area contributed by atoms with E-state index >= 15 is 0 Å². The highest BCUT2D eigenvalue weighted by atomic mass is 16.5. The summed E-state index contributed by atoms with van der Waals surface area (Å²) in [4.78, 5) is 12.2. The number of hydrogen-bond donors (Lipinski definition) is 1. The van der Waals surface area contributed by atoms with Gasteiger partial charge in [-0.3, -0.25) is 4.79 Å². The first-order valence-corrected chi connectivity index (χ1v) is 6.68. The summed E-state index contributed by atoms with van der Waals surface area (Å²) in [6, 6.07) is 3.99. The Hall–Kier alpha value is -1.51. The van der Waals surface area contributed by atoms with Crippen LogP contribution in [0.3, 0.4) is 0 Å². The van der Waals surface area contributed by atoms with Gasteiger partial charge >= 0.3 is 0 Å². The van der Waals surface area contributed by atoms with Crippen LogP contribution in [0.15, 0.2) is 12.1 Å². The average Bonchev–Trinajstić information content (AvgIpc) is 2.63. The van der Waals surface area contributed by atoms with Crippen LogP contribution >= 0.6 is 0 Å². The van der Waals surface area contributed by atoms with Gasteiger partial charge in [0.15, 0.2) is 0 Å². The largest absolute Gasteiger partial charge is 0.497 e. The predicted molar refractivity (Wildman–Crippen MR) is 70.0 cm³/mol. The first kappa shape index (κ1) is 11.6. The molecule has 1 amide bonds. The van der Waals surface area contributed by atoms with E-state index < -0.39 is 0 Å². The fourth-order valence-corrected chi connectivity index (χ4v) is 3.45. The maximum absolute atomic E-state index is 12.2. The Labute approximate surface area is 108 Å². The second-order valence-electron chi connectivity index (χ2n) is 5.46. The fraction of sp³-hybridized carbons (Fsp3) is 0.533. The molecule has 3 nitrogen and oxygen atoms in total. The van der Waals surface area contributed by atoms with Gasteiger partial charge in [0, 0.05) is 5.56 Å². The Morgan fingerprint density at radius 1 is 1.22 bits per heavy atom. The predicted octanol–water partition coefficient (Wildman–Crippen LogP) is 2.91. The molecule has 18 heavy (non-hydrogen) atoms. The molecular formula is C15H19NO2. The Morgan fingerprint density at radius 2 is 1.94 bits per heavy atom. The number of hydrogen-bond acceptors (Lipinski definition) is 2. The molecule has 1 N–H and O–H groups in total. The summed E-state index contributed by atoms with van der Waals surface area (Å²) >= 11 is 0. The molecule has 3 rings (SSSR count). The van der Waals surface area contributed by atoms with E-state index in [0.29, 0.717) is 0 Å². The third-order valence-corrected chi connectivity index (χ3v) is 4.35. The molecule has 1 spiro atoms. The van der Waals surface area contributed by atoms with Gasteiger partial charge in [-0.15, -0.1) is 0 Å². The molecule has 2 aliphatic rings. The minimum absolute atomic E-state index is 0.0899. The molecule has 0 saturated heterocycles. The summed E-state index contributed by atoms with van der Waals surface area (Å²) in [5.74, 6) is 0.944. The average molecular weight is 245 g/mol. The third-order valence-electron chi connectivity index (χ3n) is 4.35. The molecule has 1 aromatic rings. The SMILES string of the molecule is COc1cc(C)c2c(c1)C1(CCCCC1)NC2=O. The number of nitrogens with one attached hydrogen (secondary N) is 1. The highest BCUT2D eigenvalue weighted by molar-refractivity contribution is 6.01. The Morgan fingerprint density at radius 3 is 2.61 bits per heavy atom. The van der Waals surface area contributed by atoms with Crippen LogP contribution in [0.25, 0.3) is 0 Å². The maximum Gasteiger partial charge on any atom is 0.252 e. The van der Waals surface area contributed by atoms with Crippen LogP contribution in [0, 0.1) is 6.92 Å². The van der Waals surface area contributed by atoms with Crippen LogP contribution in [0.2, 0.25) is 0 Å². The zero-order valence-electron chi connectivity index (χ0n) is 11.0. The van der Waals surface area contributed by atoms with Crippen LogP contribution < -0.4 is 10.1 Å². The summed E-state index contributed by atoms with van der Waals surface area (Å²) in [6.45, 7) is 1.99. The van der Waals surface area contributed by atoms with Crippen molar-refractivity contribution in [2.75, 3.05) is 7.11 Å². The van der Waals surface area contributed by atoms with Gasteiger partial charge in [-0.25, -0.2) is 0 Å². The van der Waals surface area contributed by atoms with Crippen molar-refractivity contribution in [2.45, 2.75) is 44.6 Å². The highest BCUT2D eigenvalue weighted by Crippen LogP contribution is 2.44. The van der Waals surface area contributed by atoms with Crippen LogP contribution in [0.4, 0.5) is 0 Å². The molecule has 1 aliphatic heterocycles. The van der Waals surface area contributed by atoms with Crippen LogP contribution in [-0.2, 0) is 5.54 Å². The second-order valence-corrected chi connectivity index (χ2v) is 5.46. The van der Waals surface area contributed by atoms with Gasteiger partial charge in [-0.2, -0.15) is 0 Å². The van der Waals surface area contributed by atoms with E-state index in [1.807, 2.05) is 19.1 Å². The van der Waals surface area contributed by atoms with Crippen molar-refractivity contribution in [3.63, 3.8) is 0 Å². The number of amides is 1. The number of carbonyl (C=O) groups is 1. The maximum atomic E-state index is 12.2. The fourth-order valence-electron chi connectivity index (χ4n) is 3.45. The zero-order chi connectivity index (χ0) is 12.8. The van der Waals surface area contributed by atoms with Gasteiger partial charge in [-0.1, -0.05) is 19.3 Å². The minimum atomic E-state index is -0.121. The lowest BCUT2D eigenvalue weighted by Gasteiger charge is -2.34. The Balaban J connectivity index is 2.16. The van der Waals surface area contributed by atoms with Crippen molar-refractivity contribution in [3.8, 4) is 5.75 Å². The van der Waals surface area contributed by atoms with Gasteiger partial charge in [0.05, 0.1) is 12.6 Å². The second kappa shape index (κ2) is 4.01. The Kier molecular flexibility index (Phi) is 2.58. The molecule has 1 heterocycles. The van der Waals surface area contributed by atoms with Gasteiger partial charge in [0.2, 0.25) is 0 Å². The van der Waals surface area contributed by atoms with Gasteiger partial charge in [0.25, 0.3) is 5.91 Å². The molecule has 0 atom stereocenters. The number of fused-ring (bicyclic) bond motifs is 2. The van der Waals surface area contributed by atoms with Crippen molar-refractivity contribution in [1.29, 1.82) is 0 Å². The summed E-state index contributed by atoms with van der Waals surface area (Å²) < 4.78 is 5.35. The van der Waals surface area contributed by atoms with Gasteiger partial charge in [0.1, 0.15) is 5.75 Å². The molecule has 96 valence electrons. The smallest absolute Gasteiger partial charge is 0.252 e. The lowest BCUT2D eigenvalue weighted by molar-refractivity contribution is 0.0909. The molecule has 3 heteroatoms. The van der Waals surface area contributed by atoms with E-state index in [1.165, 1.54) is 19.3 Å². The van der Waals surface area contributed by atoms with E-state index in [0.717, 1.165) is 35.3 Å². The first-order chi connectivity index (χ1) is 8.66. The van der Waals surface area contributed by atoms with E-state index in [4.69, 9.17) is 4.74 Å². The number of rotatable bonds is 1. The molecule has 1 aliphatic carbocycles. The summed E-state index contributed by atoms with van der Waals surface area (Å²) in [7, 11) is 1.68. The number of ether oxygens (including phenoxy) is 1. The van der Waals surface area contributed by atoms with Crippen molar-refractivity contribution in [3.05, 3.63) is 28.8 Å². The number of methoxy groups -OCH3 is 1. The topological polar surface area (TPSA) is 38.3 Å². The molecule has 1 saturated carbocycles. The lowest BCUT2D eigenvalue weighted by atomic mass is 9.77. The monoisotopic (exact) mass is 245 g/mol. The van der Waals surface area contributed by atoms with Gasteiger partial charge < -0.3 is 10.1 Å². The summed E-state index contributed by atoms with van der Waals surface area (Å²) in [6.07, 6.45) is 5.76. The van der Waals surface area contributed by atoms with Crippen molar-refractivity contribution < 1.29 is 9.53 Å². The zero-order valence-corrected chi connectivity index (χ0v) is 11.0. The Bertz CT molecular complexity index is 501. The first-order valence-electron chi connectivity index (χ1n) is 6.68. The van der Waals surface area contributed by atoms with E-state index in [1.54, 1.807) is 7.11 Å². The normalized spacial score (nSPS) is 20.7. The highest BCUT2D eigenvalue weighted by Gasteiger charge is 2.44. The van der Waals surface area contributed by atoms with Crippen molar-refractivity contribution in [2.24, 2.45) is 0 Å². The lowest BCUT2D eigenvalue weighted by Crippen LogP contribution is -2.40. The molecule has 0 aromatic heterocycles. The van der Waals surface area contributed by atoms with Crippen LogP contribution in [0.1, 0.15) is 53.6 Å². The van der Waals surface area contributed by atoms with Crippen molar-refractivity contribution >= 4 is 5.91 Å². The number of benzene rings is 1. The van der Waals surface area contributed by atoms with E-state index in [9.17, 15) is 4.79 Å². The molecule has 1 aromatic carbocycles. The summed E-state index contributed by atoms with van der Waals surface area (Å²) in [5.41, 5.74) is 2.93.